The number of nitrogens with zero attached hydrogens (tertiary/aromatic N) is 1. The van der Waals surface area contributed by atoms with Crippen LogP contribution in [0.1, 0.15) is 26.7 Å². The Labute approximate surface area is 125 Å². The number of thioether (sulfide) groups is 1. The third-order valence-electron chi connectivity index (χ3n) is 4.26. The molecule has 1 fully saturated rings. The van der Waals surface area contributed by atoms with E-state index >= 15 is 0 Å². The minimum Gasteiger partial charge on any atom is -0.369 e. The smallest absolute Gasteiger partial charge is 0.232 e. The summed E-state index contributed by atoms with van der Waals surface area (Å²) in [6.07, 6.45) is 7.13. The standard InChI is InChI=1S/C15H24N2O2S/c1-10(2)17(15(19)9-20-8-14(16)18)7-13-6-11-3-4-12(13)5-11/h3-4,10-13H,5-9H2,1-2H3,(H2,16,18). The molecule has 2 aliphatic carbocycles. The van der Waals surface area contributed by atoms with E-state index in [2.05, 4.69) is 26.0 Å². The van der Waals surface area contributed by atoms with Crippen molar-refractivity contribution in [2.75, 3.05) is 18.1 Å². The van der Waals surface area contributed by atoms with Gasteiger partial charge in [-0.2, -0.15) is 0 Å². The van der Waals surface area contributed by atoms with Crippen LogP contribution in [0.25, 0.3) is 0 Å². The summed E-state index contributed by atoms with van der Waals surface area (Å²) in [6, 6.07) is 0.208. The predicted molar refractivity (Wildman–Crippen MR) is 82.2 cm³/mol. The molecule has 1 saturated carbocycles. The molecule has 2 aliphatic rings. The van der Waals surface area contributed by atoms with Crippen molar-refractivity contribution in [2.24, 2.45) is 23.5 Å². The number of carbonyl (C=O) groups is 2. The summed E-state index contributed by atoms with van der Waals surface area (Å²) in [7, 11) is 0. The van der Waals surface area contributed by atoms with Crippen molar-refractivity contribution < 1.29 is 9.59 Å². The van der Waals surface area contributed by atoms with Crippen molar-refractivity contribution in [3.8, 4) is 0 Å². The monoisotopic (exact) mass is 296 g/mol. The number of fused-ring (bicyclic) bond motifs is 2. The summed E-state index contributed by atoms with van der Waals surface area (Å²) >= 11 is 1.31. The van der Waals surface area contributed by atoms with Gasteiger partial charge in [0.25, 0.3) is 0 Å². The Morgan fingerprint density at radius 1 is 1.30 bits per heavy atom. The Morgan fingerprint density at radius 3 is 2.55 bits per heavy atom. The number of hydrogen-bond donors (Lipinski definition) is 1. The number of primary amides is 1. The summed E-state index contributed by atoms with van der Waals surface area (Å²) in [5.41, 5.74) is 5.10. The van der Waals surface area contributed by atoms with E-state index in [-0.39, 0.29) is 23.6 Å². The van der Waals surface area contributed by atoms with Gasteiger partial charge < -0.3 is 10.6 Å². The largest absolute Gasteiger partial charge is 0.369 e. The first-order valence-corrected chi connectivity index (χ1v) is 8.46. The molecule has 0 aromatic heterocycles. The third kappa shape index (κ3) is 3.78. The maximum Gasteiger partial charge on any atom is 0.232 e. The highest BCUT2D eigenvalue weighted by atomic mass is 32.2. The summed E-state index contributed by atoms with van der Waals surface area (Å²) in [6.45, 7) is 4.96. The summed E-state index contributed by atoms with van der Waals surface area (Å²) in [4.78, 5) is 25.0. The quantitative estimate of drug-likeness (QED) is 0.727. The summed E-state index contributed by atoms with van der Waals surface area (Å²) < 4.78 is 0. The van der Waals surface area contributed by atoms with Gasteiger partial charge in [-0.15, -0.1) is 11.8 Å². The summed E-state index contributed by atoms with van der Waals surface area (Å²) in [5.74, 6) is 2.32. The molecule has 0 radical (unpaired) electrons. The van der Waals surface area contributed by atoms with Gasteiger partial charge in [0, 0.05) is 12.6 Å². The van der Waals surface area contributed by atoms with Crippen molar-refractivity contribution >= 4 is 23.6 Å². The second kappa shape index (κ2) is 6.66. The number of nitrogens with two attached hydrogens (primary N) is 1. The average molecular weight is 296 g/mol. The summed E-state index contributed by atoms with van der Waals surface area (Å²) in [5, 5.41) is 0. The lowest BCUT2D eigenvalue weighted by Gasteiger charge is -2.31. The highest BCUT2D eigenvalue weighted by Gasteiger charge is 2.37. The Kier molecular flexibility index (Phi) is 5.13. The predicted octanol–water partition coefficient (Wildman–Crippen LogP) is 1.65. The zero-order valence-electron chi connectivity index (χ0n) is 12.2. The lowest BCUT2D eigenvalue weighted by Crippen LogP contribution is -2.42. The fourth-order valence-corrected chi connectivity index (χ4v) is 3.92. The molecule has 3 unspecified atom stereocenters. The molecule has 0 spiro atoms. The number of hydrogen-bond acceptors (Lipinski definition) is 3. The molecule has 0 heterocycles. The molecule has 5 heteroatoms. The first-order valence-electron chi connectivity index (χ1n) is 7.31. The molecular formula is C15H24N2O2S. The van der Waals surface area contributed by atoms with Crippen LogP contribution in [0, 0.1) is 17.8 Å². The fourth-order valence-electron chi connectivity index (χ4n) is 3.28. The molecule has 20 heavy (non-hydrogen) atoms. The van der Waals surface area contributed by atoms with Crippen LogP contribution in [-0.4, -0.2) is 40.8 Å². The number of carbonyl (C=O) groups excluding carboxylic acids is 2. The Balaban J connectivity index is 1.85. The van der Waals surface area contributed by atoms with Gasteiger partial charge in [-0.1, -0.05) is 12.2 Å². The molecule has 0 aromatic carbocycles. The lowest BCUT2D eigenvalue weighted by molar-refractivity contribution is -0.130. The van der Waals surface area contributed by atoms with Crippen LogP contribution < -0.4 is 5.73 Å². The Bertz CT molecular complexity index is 409. The van der Waals surface area contributed by atoms with Crippen LogP contribution >= 0.6 is 11.8 Å². The molecule has 4 nitrogen and oxygen atoms in total. The molecule has 2 rings (SSSR count). The van der Waals surface area contributed by atoms with E-state index in [4.69, 9.17) is 5.73 Å². The maximum absolute atomic E-state index is 12.3. The van der Waals surface area contributed by atoms with Gasteiger partial charge in [0.2, 0.25) is 11.8 Å². The van der Waals surface area contributed by atoms with E-state index in [9.17, 15) is 9.59 Å². The van der Waals surface area contributed by atoms with Crippen LogP contribution in [0.15, 0.2) is 12.2 Å². The van der Waals surface area contributed by atoms with E-state index in [0.29, 0.717) is 17.6 Å². The van der Waals surface area contributed by atoms with Crippen molar-refractivity contribution in [1.82, 2.24) is 4.90 Å². The van der Waals surface area contributed by atoms with Gasteiger partial charge in [0.15, 0.2) is 0 Å². The molecule has 0 aromatic rings. The van der Waals surface area contributed by atoms with E-state index in [1.165, 1.54) is 24.6 Å². The van der Waals surface area contributed by atoms with E-state index in [1.807, 2.05) is 4.90 Å². The normalized spacial score (nSPS) is 27.2. The van der Waals surface area contributed by atoms with Gasteiger partial charge in [-0.3, -0.25) is 9.59 Å². The van der Waals surface area contributed by atoms with Gasteiger partial charge >= 0.3 is 0 Å². The van der Waals surface area contributed by atoms with E-state index in [0.717, 1.165) is 12.5 Å². The fraction of sp³-hybridized carbons (Fsp3) is 0.733. The van der Waals surface area contributed by atoms with Crippen LogP contribution in [0.3, 0.4) is 0 Å². The van der Waals surface area contributed by atoms with Gasteiger partial charge in [-0.05, 0) is 44.4 Å². The number of amides is 2. The molecular weight excluding hydrogens is 272 g/mol. The van der Waals surface area contributed by atoms with Crippen molar-refractivity contribution in [2.45, 2.75) is 32.7 Å². The second-order valence-electron chi connectivity index (χ2n) is 6.14. The minimum atomic E-state index is -0.364. The van der Waals surface area contributed by atoms with E-state index < -0.39 is 0 Å². The molecule has 2 bridgehead atoms. The highest BCUT2D eigenvalue weighted by Crippen LogP contribution is 2.43. The van der Waals surface area contributed by atoms with Crippen LogP contribution in [0.4, 0.5) is 0 Å². The van der Waals surface area contributed by atoms with E-state index in [1.54, 1.807) is 0 Å². The van der Waals surface area contributed by atoms with Gasteiger partial charge in [0.05, 0.1) is 11.5 Å². The van der Waals surface area contributed by atoms with Crippen molar-refractivity contribution in [3.63, 3.8) is 0 Å². The van der Waals surface area contributed by atoms with Crippen molar-refractivity contribution in [1.29, 1.82) is 0 Å². The van der Waals surface area contributed by atoms with Crippen molar-refractivity contribution in [3.05, 3.63) is 12.2 Å². The molecule has 2 amide bonds. The molecule has 3 atom stereocenters. The third-order valence-corrected chi connectivity index (χ3v) is 5.20. The molecule has 2 N–H and O–H groups in total. The average Bonchev–Trinajstić information content (AvgIpc) is 2.96. The number of rotatable bonds is 7. The highest BCUT2D eigenvalue weighted by molar-refractivity contribution is 8.00. The first kappa shape index (κ1) is 15.4. The molecule has 0 saturated heterocycles. The number of allylic oxidation sites excluding steroid dienone is 2. The van der Waals surface area contributed by atoms with Crippen LogP contribution in [0.5, 0.6) is 0 Å². The van der Waals surface area contributed by atoms with Gasteiger partial charge in [0.1, 0.15) is 0 Å². The second-order valence-corrected chi connectivity index (χ2v) is 7.12. The first-order chi connectivity index (χ1) is 9.47. The minimum absolute atomic E-state index is 0.123. The van der Waals surface area contributed by atoms with Crippen LogP contribution in [0.2, 0.25) is 0 Å². The zero-order valence-corrected chi connectivity index (χ0v) is 13.1. The topological polar surface area (TPSA) is 63.4 Å². The zero-order chi connectivity index (χ0) is 14.7. The van der Waals surface area contributed by atoms with Gasteiger partial charge in [-0.25, -0.2) is 0 Å². The SMILES string of the molecule is CC(C)N(CC1CC2C=CC1C2)C(=O)CSCC(N)=O. The van der Waals surface area contributed by atoms with Crippen LogP contribution in [-0.2, 0) is 9.59 Å². The lowest BCUT2D eigenvalue weighted by atomic mass is 9.92. The molecule has 0 aliphatic heterocycles. The maximum atomic E-state index is 12.3. The Morgan fingerprint density at radius 2 is 2.05 bits per heavy atom. The molecule has 112 valence electrons. The Hall–Kier alpha value is -0.970.